The molecule has 1 heterocycles. The van der Waals surface area contributed by atoms with Crippen molar-refractivity contribution in [2.45, 2.75) is 71.0 Å². The Morgan fingerprint density at radius 3 is 2.60 bits per heavy atom. The maximum absolute atomic E-state index is 12.7. The number of hydrogen-bond acceptors (Lipinski definition) is 3. The van der Waals surface area contributed by atoms with E-state index in [2.05, 4.69) is 35.9 Å². The molecule has 4 heteroatoms. The SMILES string of the molecule is CC(C)N(C(=O)CN1CCN[C@H](C)C1)C1CCCCC1. The molecule has 116 valence electrons. The van der Waals surface area contributed by atoms with Crippen molar-refractivity contribution in [2.75, 3.05) is 26.2 Å². The van der Waals surface area contributed by atoms with Gasteiger partial charge < -0.3 is 10.2 Å². The fraction of sp³-hybridized carbons (Fsp3) is 0.938. The second kappa shape index (κ2) is 7.41. The topological polar surface area (TPSA) is 35.6 Å². The van der Waals surface area contributed by atoms with Crippen molar-refractivity contribution in [1.82, 2.24) is 15.1 Å². The molecule has 1 atom stereocenters. The first-order valence-corrected chi connectivity index (χ1v) is 8.35. The van der Waals surface area contributed by atoms with Crippen molar-refractivity contribution < 1.29 is 4.79 Å². The van der Waals surface area contributed by atoms with E-state index in [4.69, 9.17) is 0 Å². The van der Waals surface area contributed by atoms with Gasteiger partial charge in [-0.2, -0.15) is 0 Å². The van der Waals surface area contributed by atoms with Gasteiger partial charge in [0, 0.05) is 37.8 Å². The minimum Gasteiger partial charge on any atom is -0.336 e. The van der Waals surface area contributed by atoms with E-state index in [0.717, 1.165) is 19.6 Å². The number of nitrogens with one attached hydrogen (secondary N) is 1. The fourth-order valence-electron chi connectivity index (χ4n) is 3.70. The van der Waals surface area contributed by atoms with Gasteiger partial charge in [0.25, 0.3) is 0 Å². The second-order valence-electron chi connectivity index (χ2n) is 6.78. The van der Waals surface area contributed by atoms with Crippen LogP contribution >= 0.6 is 0 Å². The zero-order valence-corrected chi connectivity index (χ0v) is 13.4. The maximum Gasteiger partial charge on any atom is 0.237 e. The van der Waals surface area contributed by atoms with E-state index < -0.39 is 0 Å². The smallest absolute Gasteiger partial charge is 0.237 e. The third-order valence-corrected chi connectivity index (χ3v) is 4.62. The molecule has 1 saturated carbocycles. The molecule has 20 heavy (non-hydrogen) atoms. The van der Waals surface area contributed by atoms with Gasteiger partial charge in [-0.3, -0.25) is 9.69 Å². The summed E-state index contributed by atoms with van der Waals surface area (Å²) in [5.41, 5.74) is 0. The van der Waals surface area contributed by atoms with Crippen molar-refractivity contribution in [1.29, 1.82) is 0 Å². The molecule has 2 aliphatic rings. The molecule has 4 nitrogen and oxygen atoms in total. The monoisotopic (exact) mass is 281 g/mol. The van der Waals surface area contributed by atoms with E-state index in [0.29, 0.717) is 30.6 Å². The van der Waals surface area contributed by atoms with E-state index in [-0.39, 0.29) is 0 Å². The number of carbonyl (C=O) groups excluding carboxylic acids is 1. The molecule has 0 bridgehead atoms. The molecule has 1 amide bonds. The Labute approximate surface area is 123 Å². The lowest BCUT2D eigenvalue weighted by Gasteiger charge is -2.39. The quantitative estimate of drug-likeness (QED) is 0.854. The molecule has 1 aliphatic heterocycles. The maximum atomic E-state index is 12.7. The van der Waals surface area contributed by atoms with E-state index in [1.165, 1.54) is 32.1 Å². The lowest BCUT2D eigenvalue weighted by molar-refractivity contribution is -0.137. The van der Waals surface area contributed by atoms with Gasteiger partial charge in [-0.1, -0.05) is 19.3 Å². The highest BCUT2D eigenvalue weighted by molar-refractivity contribution is 5.79. The van der Waals surface area contributed by atoms with Crippen LogP contribution in [0.5, 0.6) is 0 Å². The van der Waals surface area contributed by atoms with Crippen LogP contribution in [0.4, 0.5) is 0 Å². The van der Waals surface area contributed by atoms with Gasteiger partial charge in [0.2, 0.25) is 5.91 Å². The van der Waals surface area contributed by atoms with Crippen molar-refractivity contribution in [3.8, 4) is 0 Å². The molecular weight excluding hydrogens is 250 g/mol. The lowest BCUT2D eigenvalue weighted by Crippen LogP contribution is -2.54. The average molecular weight is 281 g/mol. The van der Waals surface area contributed by atoms with Crippen molar-refractivity contribution in [3.05, 3.63) is 0 Å². The zero-order valence-electron chi connectivity index (χ0n) is 13.4. The van der Waals surface area contributed by atoms with E-state index >= 15 is 0 Å². The van der Waals surface area contributed by atoms with Gasteiger partial charge in [-0.25, -0.2) is 0 Å². The van der Waals surface area contributed by atoms with Gasteiger partial charge in [0.05, 0.1) is 6.54 Å². The highest BCUT2D eigenvalue weighted by Crippen LogP contribution is 2.24. The normalized spacial score (nSPS) is 25.9. The number of piperazine rings is 1. The van der Waals surface area contributed by atoms with Gasteiger partial charge in [-0.15, -0.1) is 0 Å². The fourth-order valence-corrected chi connectivity index (χ4v) is 3.70. The molecule has 0 spiro atoms. The third kappa shape index (κ3) is 4.19. The summed E-state index contributed by atoms with van der Waals surface area (Å²) in [4.78, 5) is 17.2. The Morgan fingerprint density at radius 2 is 2.00 bits per heavy atom. The molecule has 0 aromatic heterocycles. The summed E-state index contributed by atoms with van der Waals surface area (Å²) in [6.07, 6.45) is 6.30. The van der Waals surface area contributed by atoms with Crippen LogP contribution in [-0.4, -0.2) is 60.0 Å². The van der Waals surface area contributed by atoms with Crippen LogP contribution in [0.25, 0.3) is 0 Å². The highest BCUT2D eigenvalue weighted by atomic mass is 16.2. The van der Waals surface area contributed by atoms with E-state index in [9.17, 15) is 4.79 Å². The number of hydrogen-bond donors (Lipinski definition) is 1. The summed E-state index contributed by atoms with van der Waals surface area (Å²) in [5, 5.41) is 3.43. The molecule has 1 N–H and O–H groups in total. The van der Waals surface area contributed by atoms with Crippen LogP contribution in [0.2, 0.25) is 0 Å². The van der Waals surface area contributed by atoms with Crippen molar-refractivity contribution in [2.24, 2.45) is 0 Å². The highest BCUT2D eigenvalue weighted by Gasteiger charge is 2.29. The van der Waals surface area contributed by atoms with Crippen LogP contribution < -0.4 is 5.32 Å². The Morgan fingerprint density at radius 1 is 1.30 bits per heavy atom. The van der Waals surface area contributed by atoms with Gasteiger partial charge >= 0.3 is 0 Å². The largest absolute Gasteiger partial charge is 0.336 e. The molecule has 2 fully saturated rings. The van der Waals surface area contributed by atoms with E-state index in [1.807, 2.05) is 0 Å². The van der Waals surface area contributed by atoms with Gasteiger partial charge in [-0.05, 0) is 33.6 Å². The van der Waals surface area contributed by atoms with Crippen molar-refractivity contribution in [3.63, 3.8) is 0 Å². The predicted octanol–water partition coefficient (Wildman–Crippen LogP) is 1.85. The Hall–Kier alpha value is -0.610. The number of amides is 1. The summed E-state index contributed by atoms with van der Waals surface area (Å²) < 4.78 is 0. The molecule has 1 aliphatic carbocycles. The summed E-state index contributed by atoms with van der Waals surface area (Å²) in [6.45, 7) is 10.1. The van der Waals surface area contributed by atoms with Gasteiger partial charge in [0.15, 0.2) is 0 Å². The number of rotatable bonds is 4. The second-order valence-corrected chi connectivity index (χ2v) is 6.78. The standard InChI is InChI=1S/C16H31N3O/c1-13(2)19(15-7-5-4-6-8-15)16(20)12-18-10-9-17-14(3)11-18/h13-15,17H,4-12H2,1-3H3/t14-/m1/s1. The van der Waals surface area contributed by atoms with Gasteiger partial charge in [0.1, 0.15) is 0 Å². The zero-order chi connectivity index (χ0) is 14.5. The van der Waals surface area contributed by atoms with Crippen LogP contribution in [0, 0.1) is 0 Å². The van der Waals surface area contributed by atoms with Crippen molar-refractivity contribution >= 4 is 5.91 Å². The minimum atomic E-state index is 0.325. The first kappa shape index (κ1) is 15.8. The summed E-state index contributed by atoms with van der Waals surface area (Å²) >= 11 is 0. The Bertz CT molecular complexity index is 313. The number of nitrogens with zero attached hydrogens (tertiary/aromatic N) is 2. The van der Waals surface area contributed by atoms with Crippen LogP contribution in [0.15, 0.2) is 0 Å². The number of carbonyl (C=O) groups is 1. The molecule has 0 aromatic rings. The molecule has 1 saturated heterocycles. The summed E-state index contributed by atoms with van der Waals surface area (Å²) in [5.74, 6) is 0.334. The predicted molar refractivity (Wildman–Crippen MR) is 82.8 cm³/mol. The summed E-state index contributed by atoms with van der Waals surface area (Å²) in [6, 6.07) is 1.31. The van der Waals surface area contributed by atoms with Crippen LogP contribution in [0.1, 0.15) is 52.9 Å². The average Bonchev–Trinajstić information content (AvgIpc) is 2.39. The first-order chi connectivity index (χ1) is 9.58. The minimum absolute atomic E-state index is 0.325. The molecule has 0 radical (unpaired) electrons. The Balaban J connectivity index is 1.92. The molecule has 2 rings (SSSR count). The van der Waals surface area contributed by atoms with Crippen LogP contribution in [-0.2, 0) is 4.79 Å². The Kier molecular flexibility index (Phi) is 5.85. The summed E-state index contributed by atoms with van der Waals surface area (Å²) in [7, 11) is 0. The lowest BCUT2D eigenvalue weighted by atomic mass is 9.93. The third-order valence-electron chi connectivity index (χ3n) is 4.62. The van der Waals surface area contributed by atoms with E-state index in [1.54, 1.807) is 0 Å². The molecule has 0 aromatic carbocycles. The molecular formula is C16H31N3O. The van der Waals surface area contributed by atoms with Crippen LogP contribution in [0.3, 0.4) is 0 Å². The first-order valence-electron chi connectivity index (χ1n) is 8.35. The molecule has 0 unspecified atom stereocenters.